The number of hydrogen-bond acceptors (Lipinski definition) is 1. The molecule has 0 N–H and O–H groups in total. The van der Waals surface area contributed by atoms with Crippen LogP contribution < -0.4 is 0 Å². The highest BCUT2D eigenvalue weighted by atomic mass is 35.5. The van der Waals surface area contributed by atoms with Crippen molar-refractivity contribution in [1.82, 2.24) is 9.55 Å². The van der Waals surface area contributed by atoms with E-state index in [1.165, 1.54) is 6.07 Å². The molecule has 0 aliphatic carbocycles. The molecule has 0 aliphatic rings. The quantitative estimate of drug-likeness (QED) is 0.639. The van der Waals surface area contributed by atoms with Gasteiger partial charge in [0.15, 0.2) is 0 Å². The summed E-state index contributed by atoms with van der Waals surface area (Å²) in [7, 11) is 0. The molecule has 0 bridgehead atoms. The number of benzene rings is 2. The molecule has 0 spiro atoms. The third kappa shape index (κ3) is 2.89. The summed E-state index contributed by atoms with van der Waals surface area (Å²) >= 11 is 11.8. The van der Waals surface area contributed by atoms with Crippen molar-refractivity contribution < 1.29 is 4.39 Å². The Morgan fingerprint density at radius 1 is 1.14 bits per heavy atom. The first-order chi connectivity index (χ1) is 10.2. The zero-order valence-electron chi connectivity index (χ0n) is 11.2. The molecule has 21 heavy (non-hydrogen) atoms. The van der Waals surface area contributed by atoms with Crippen LogP contribution in [0.1, 0.15) is 11.4 Å². The van der Waals surface area contributed by atoms with Gasteiger partial charge in [0.25, 0.3) is 0 Å². The standard InChI is InChI=1S/C16H13Cl2FN2/c17-7-6-16-20-14-9-13(19)12(18)8-15(14)21(16)10-11-4-2-1-3-5-11/h1-5,8-9H,6-7,10H2. The molecule has 3 aromatic rings. The summed E-state index contributed by atoms with van der Waals surface area (Å²) in [6, 6.07) is 13.0. The number of alkyl halides is 1. The second-order valence-electron chi connectivity index (χ2n) is 4.79. The lowest BCUT2D eigenvalue weighted by Gasteiger charge is -2.09. The van der Waals surface area contributed by atoms with Gasteiger partial charge >= 0.3 is 0 Å². The van der Waals surface area contributed by atoms with Gasteiger partial charge in [-0.2, -0.15) is 0 Å². The Hall–Kier alpha value is -1.58. The van der Waals surface area contributed by atoms with Crippen molar-refractivity contribution >= 4 is 34.2 Å². The molecule has 5 heteroatoms. The number of nitrogens with zero attached hydrogens (tertiary/aromatic N) is 2. The Labute approximate surface area is 132 Å². The number of hydrogen-bond donors (Lipinski definition) is 0. The summed E-state index contributed by atoms with van der Waals surface area (Å²) in [5.41, 5.74) is 2.58. The van der Waals surface area contributed by atoms with Gasteiger partial charge in [0, 0.05) is 24.9 Å². The molecule has 1 aromatic heterocycles. The molecular formula is C16H13Cl2FN2. The first kappa shape index (κ1) is 14.4. The minimum atomic E-state index is -0.453. The number of halogens is 3. The van der Waals surface area contributed by atoms with Crippen molar-refractivity contribution in [2.45, 2.75) is 13.0 Å². The van der Waals surface area contributed by atoms with Crippen molar-refractivity contribution in [3.63, 3.8) is 0 Å². The van der Waals surface area contributed by atoms with Gasteiger partial charge in [-0.1, -0.05) is 41.9 Å². The van der Waals surface area contributed by atoms with Crippen LogP contribution in [0.15, 0.2) is 42.5 Å². The van der Waals surface area contributed by atoms with Crippen LogP contribution in [-0.4, -0.2) is 15.4 Å². The van der Waals surface area contributed by atoms with E-state index in [9.17, 15) is 4.39 Å². The molecule has 2 nitrogen and oxygen atoms in total. The summed E-state index contributed by atoms with van der Waals surface area (Å²) in [6.07, 6.45) is 0.627. The van der Waals surface area contributed by atoms with Crippen molar-refractivity contribution in [2.75, 3.05) is 5.88 Å². The summed E-state index contributed by atoms with van der Waals surface area (Å²) in [6.45, 7) is 0.658. The lowest BCUT2D eigenvalue weighted by Crippen LogP contribution is -2.06. The molecule has 3 rings (SSSR count). The smallest absolute Gasteiger partial charge is 0.144 e. The molecule has 0 amide bonds. The number of aromatic nitrogens is 2. The van der Waals surface area contributed by atoms with E-state index in [2.05, 4.69) is 4.98 Å². The van der Waals surface area contributed by atoms with Gasteiger partial charge in [-0.15, -0.1) is 11.6 Å². The lowest BCUT2D eigenvalue weighted by molar-refractivity contribution is 0.629. The molecule has 1 heterocycles. The maximum Gasteiger partial charge on any atom is 0.144 e. The Balaban J connectivity index is 2.13. The third-order valence-corrected chi connectivity index (χ3v) is 3.85. The first-order valence-corrected chi connectivity index (χ1v) is 7.54. The summed E-state index contributed by atoms with van der Waals surface area (Å²) in [5, 5.41) is 0.106. The highest BCUT2D eigenvalue weighted by molar-refractivity contribution is 6.31. The maximum atomic E-state index is 13.6. The van der Waals surface area contributed by atoms with Gasteiger partial charge in [0.2, 0.25) is 0 Å². The van der Waals surface area contributed by atoms with Crippen molar-refractivity contribution in [1.29, 1.82) is 0 Å². The largest absolute Gasteiger partial charge is 0.323 e. The molecular weight excluding hydrogens is 310 g/mol. The van der Waals surface area contributed by atoms with E-state index in [1.54, 1.807) is 6.07 Å². The monoisotopic (exact) mass is 322 g/mol. The molecule has 0 radical (unpaired) electrons. The molecule has 0 saturated carbocycles. The second-order valence-corrected chi connectivity index (χ2v) is 5.58. The molecule has 0 unspecified atom stereocenters. The van der Waals surface area contributed by atoms with Gasteiger partial charge in [0.05, 0.1) is 16.1 Å². The number of imidazole rings is 1. The number of fused-ring (bicyclic) bond motifs is 1. The van der Waals surface area contributed by atoms with Gasteiger partial charge < -0.3 is 4.57 Å². The van der Waals surface area contributed by atoms with E-state index in [4.69, 9.17) is 23.2 Å². The summed E-state index contributed by atoms with van der Waals surface area (Å²) in [5.74, 6) is 0.852. The highest BCUT2D eigenvalue weighted by Gasteiger charge is 2.13. The maximum absolute atomic E-state index is 13.6. The molecule has 0 aliphatic heterocycles. The number of aryl methyl sites for hydroxylation is 1. The molecule has 108 valence electrons. The van der Waals surface area contributed by atoms with E-state index >= 15 is 0 Å². The van der Waals surface area contributed by atoms with Gasteiger partial charge in [-0.05, 0) is 11.6 Å². The summed E-state index contributed by atoms with van der Waals surface area (Å²) < 4.78 is 15.6. The predicted octanol–water partition coefficient (Wildman–Crippen LogP) is 4.66. The average Bonchev–Trinajstić information content (AvgIpc) is 2.79. The average molecular weight is 323 g/mol. The van der Waals surface area contributed by atoms with Crippen LogP contribution in [-0.2, 0) is 13.0 Å². The van der Waals surface area contributed by atoms with Gasteiger partial charge in [-0.3, -0.25) is 0 Å². The minimum Gasteiger partial charge on any atom is -0.323 e. The Morgan fingerprint density at radius 2 is 1.90 bits per heavy atom. The van der Waals surface area contributed by atoms with E-state index in [1.807, 2.05) is 34.9 Å². The predicted molar refractivity (Wildman–Crippen MR) is 84.7 cm³/mol. The SMILES string of the molecule is Fc1cc2nc(CCCl)n(Cc3ccccc3)c2cc1Cl. The second kappa shape index (κ2) is 6.04. The Morgan fingerprint density at radius 3 is 2.62 bits per heavy atom. The third-order valence-electron chi connectivity index (χ3n) is 3.37. The Bertz CT molecular complexity index is 769. The van der Waals surface area contributed by atoms with Crippen LogP contribution in [0, 0.1) is 5.82 Å². The van der Waals surface area contributed by atoms with Gasteiger partial charge in [-0.25, -0.2) is 9.37 Å². The van der Waals surface area contributed by atoms with Crippen LogP contribution in [0.2, 0.25) is 5.02 Å². The zero-order chi connectivity index (χ0) is 14.8. The molecule has 0 fully saturated rings. The molecule has 0 saturated heterocycles. The fourth-order valence-corrected chi connectivity index (χ4v) is 2.71. The Kier molecular flexibility index (Phi) is 4.13. The molecule has 0 atom stereocenters. The van der Waals surface area contributed by atoms with Crippen molar-refractivity contribution in [3.8, 4) is 0 Å². The fourth-order valence-electron chi connectivity index (χ4n) is 2.39. The summed E-state index contributed by atoms with van der Waals surface area (Å²) in [4.78, 5) is 4.48. The minimum absolute atomic E-state index is 0.106. The topological polar surface area (TPSA) is 17.8 Å². The van der Waals surface area contributed by atoms with E-state index in [0.29, 0.717) is 24.4 Å². The van der Waals surface area contributed by atoms with Crippen LogP contribution in [0.5, 0.6) is 0 Å². The van der Waals surface area contributed by atoms with E-state index < -0.39 is 5.82 Å². The van der Waals surface area contributed by atoms with Crippen LogP contribution in [0.25, 0.3) is 11.0 Å². The van der Waals surface area contributed by atoms with Crippen LogP contribution in [0.4, 0.5) is 4.39 Å². The molecule has 2 aromatic carbocycles. The van der Waals surface area contributed by atoms with E-state index in [-0.39, 0.29) is 5.02 Å². The van der Waals surface area contributed by atoms with Crippen LogP contribution in [0.3, 0.4) is 0 Å². The van der Waals surface area contributed by atoms with Crippen molar-refractivity contribution in [3.05, 3.63) is 64.7 Å². The fraction of sp³-hybridized carbons (Fsp3) is 0.188. The first-order valence-electron chi connectivity index (χ1n) is 6.63. The number of rotatable bonds is 4. The van der Waals surface area contributed by atoms with Gasteiger partial charge in [0.1, 0.15) is 11.6 Å². The normalized spacial score (nSPS) is 11.2. The lowest BCUT2D eigenvalue weighted by atomic mass is 10.2. The van der Waals surface area contributed by atoms with E-state index in [0.717, 1.165) is 16.9 Å². The highest BCUT2D eigenvalue weighted by Crippen LogP contribution is 2.25. The zero-order valence-corrected chi connectivity index (χ0v) is 12.7. The van der Waals surface area contributed by atoms with Crippen molar-refractivity contribution in [2.24, 2.45) is 0 Å². The van der Waals surface area contributed by atoms with Crippen LogP contribution >= 0.6 is 23.2 Å².